The second-order valence-corrected chi connectivity index (χ2v) is 5.56. The molecule has 1 aromatic rings. The second kappa shape index (κ2) is 4.42. The molecule has 0 spiro atoms. The average molecular weight is 261 g/mol. The second-order valence-electron chi connectivity index (χ2n) is 5.56. The Hall–Kier alpha value is -1.75. The van der Waals surface area contributed by atoms with Crippen molar-refractivity contribution in [1.29, 1.82) is 0 Å². The summed E-state index contributed by atoms with van der Waals surface area (Å²) in [6.07, 6.45) is 4.33. The maximum absolute atomic E-state index is 11.4. The Bertz CT molecular complexity index is 518. The van der Waals surface area contributed by atoms with Crippen molar-refractivity contribution in [3.63, 3.8) is 0 Å². The Balaban J connectivity index is 1.88. The molecule has 0 atom stereocenters. The van der Waals surface area contributed by atoms with Gasteiger partial charge in [-0.3, -0.25) is 4.79 Å². The topological polar surface area (TPSA) is 87.4 Å². The number of nitrogens with two attached hydrogens (primary N) is 1. The summed E-state index contributed by atoms with van der Waals surface area (Å²) in [4.78, 5) is 11.4. The molecule has 1 aliphatic heterocycles. The number of aliphatic hydroxyl groups is 1. The lowest BCUT2D eigenvalue weighted by Gasteiger charge is -2.42. The molecule has 1 fully saturated rings. The maximum atomic E-state index is 11.4. The summed E-state index contributed by atoms with van der Waals surface area (Å²) in [5.41, 5.74) is 9.22. The van der Waals surface area contributed by atoms with Gasteiger partial charge >= 0.3 is 0 Å². The summed E-state index contributed by atoms with van der Waals surface area (Å²) in [6.45, 7) is 0.125. The smallest absolute Gasteiger partial charge is 0.224 e. The number of carbonyl (C=O) groups excluding carboxylic acids is 1. The molecular formula is C14H19N3O2. The van der Waals surface area contributed by atoms with E-state index in [4.69, 9.17) is 5.73 Å². The van der Waals surface area contributed by atoms with Crippen LogP contribution in [-0.4, -0.2) is 23.2 Å². The molecule has 5 nitrogen and oxygen atoms in total. The molecule has 0 saturated heterocycles. The molecule has 102 valence electrons. The van der Waals surface area contributed by atoms with Crippen molar-refractivity contribution < 1.29 is 9.90 Å². The number of hydrogen-bond acceptors (Lipinski definition) is 4. The fourth-order valence-corrected chi connectivity index (χ4v) is 2.77. The van der Waals surface area contributed by atoms with E-state index >= 15 is 0 Å². The molecule has 1 heterocycles. The number of anilines is 3. The average Bonchev–Trinajstić information content (AvgIpc) is 2.34. The van der Waals surface area contributed by atoms with Gasteiger partial charge in [-0.2, -0.15) is 0 Å². The van der Waals surface area contributed by atoms with Gasteiger partial charge in [0.15, 0.2) is 0 Å². The van der Waals surface area contributed by atoms with Gasteiger partial charge in [0.1, 0.15) is 0 Å². The number of benzene rings is 1. The summed E-state index contributed by atoms with van der Waals surface area (Å²) in [6, 6.07) is 3.80. The van der Waals surface area contributed by atoms with E-state index in [-0.39, 0.29) is 18.1 Å². The minimum absolute atomic E-state index is 0.0402. The van der Waals surface area contributed by atoms with Crippen molar-refractivity contribution in [2.45, 2.75) is 37.6 Å². The van der Waals surface area contributed by atoms with Crippen LogP contribution in [0.2, 0.25) is 0 Å². The minimum Gasteiger partial charge on any atom is -0.397 e. The van der Waals surface area contributed by atoms with Gasteiger partial charge in [-0.25, -0.2) is 0 Å². The number of fused-ring (bicyclic) bond motifs is 1. The van der Waals surface area contributed by atoms with Gasteiger partial charge in [0.05, 0.1) is 23.5 Å². The largest absolute Gasteiger partial charge is 0.397 e. The van der Waals surface area contributed by atoms with E-state index in [0.29, 0.717) is 12.1 Å². The van der Waals surface area contributed by atoms with Crippen LogP contribution in [0.1, 0.15) is 31.2 Å². The van der Waals surface area contributed by atoms with Gasteiger partial charge in [0.25, 0.3) is 0 Å². The van der Waals surface area contributed by atoms with Gasteiger partial charge < -0.3 is 21.5 Å². The predicted molar refractivity (Wildman–Crippen MR) is 75.1 cm³/mol. The number of carbonyl (C=O) groups is 1. The van der Waals surface area contributed by atoms with Gasteiger partial charge in [0, 0.05) is 12.1 Å². The lowest BCUT2D eigenvalue weighted by atomic mass is 9.77. The highest BCUT2D eigenvalue weighted by Crippen LogP contribution is 2.38. The fraction of sp³-hybridized carbons (Fsp3) is 0.500. The van der Waals surface area contributed by atoms with E-state index < -0.39 is 0 Å². The molecule has 1 aliphatic carbocycles. The molecule has 5 heteroatoms. The number of aliphatic hydroxyl groups excluding tert-OH is 1. The third-order valence-corrected chi connectivity index (χ3v) is 4.18. The first kappa shape index (κ1) is 12.3. The van der Waals surface area contributed by atoms with Crippen LogP contribution in [0, 0.1) is 0 Å². The predicted octanol–water partition coefficient (Wildman–Crippen LogP) is 1.48. The van der Waals surface area contributed by atoms with Crippen LogP contribution < -0.4 is 16.4 Å². The highest BCUT2D eigenvalue weighted by Gasteiger charge is 2.36. The maximum Gasteiger partial charge on any atom is 0.224 e. The monoisotopic (exact) mass is 261 g/mol. The lowest BCUT2D eigenvalue weighted by Crippen LogP contribution is -2.48. The van der Waals surface area contributed by atoms with Crippen LogP contribution in [0.5, 0.6) is 0 Å². The van der Waals surface area contributed by atoms with Crippen molar-refractivity contribution in [3.8, 4) is 0 Å². The fourth-order valence-electron chi connectivity index (χ4n) is 2.77. The standard InChI is InChI=1S/C14H19N3O2/c15-10-7-11-9(2-3-13(19)16-11)6-12(10)17-14(8-18)4-1-5-14/h6-7,17-18H,1-5,8,15H2,(H,16,19). The molecule has 0 radical (unpaired) electrons. The van der Waals surface area contributed by atoms with Crippen molar-refractivity contribution >= 4 is 23.0 Å². The Morgan fingerprint density at radius 2 is 2.16 bits per heavy atom. The Labute approximate surface area is 112 Å². The van der Waals surface area contributed by atoms with Gasteiger partial charge in [0.2, 0.25) is 5.91 Å². The minimum atomic E-state index is -0.208. The zero-order valence-corrected chi connectivity index (χ0v) is 10.8. The normalized spacial score (nSPS) is 20.2. The van der Waals surface area contributed by atoms with Crippen LogP contribution in [0.4, 0.5) is 17.1 Å². The quantitative estimate of drug-likeness (QED) is 0.621. The number of nitrogens with one attached hydrogen (secondary N) is 2. The summed E-state index contributed by atoms with van der Waals surface area (Å²) >= 11 is 0. The van der Waals surface area contributed by atoms with Gasteiger partial charge in [-0.15, -0.1) is 0 Å². The van der Waals surface area contributed by atoms with Gasteiger partial charge in [-0.05, 0) is 43.4 Å². The summed E-state index contributed by atoms with van der Waals surface area (Å²) in [7, 11) is 0. The van der Waals surface area contributed by atoms with E-state index in [1.165, 1.54) is 0 Å². The van der Waals surface area contributed by atoms with Crippen LogP contribution >= 0.6 is 0 Å². The summed E-state index contributed by atoms with van der Waals surface area (Å²) in [5, 5.41) is 15.7. The molecule has 2 aliphatic rings. The molecule has 1 amide bonds. The van der Waals surface area contributed by atoms with Crippen LogP contribution in [0.3, 0.4) is 0 Å². The Morgan fingerprint density at radius 3 is 2.79 bits per heavy atom. The molecule has 1 saturated carbocycles. The molecule has 19 heavy (non-hydrogen) atoms. The molecule has 5 N–H and O–H groups in total. The summed E-state index contributed by atoms with van der Waals surface area (Å²) in [5.74, 6) is 0.0402. The van der Waals surface area contributed by atoms with E-state index in [1.807, 2.05) is 6.07 Å². The first-order valence-electron chi connectivity index (χ1n) is 6.73. The Morgan fingerprint density at radius 1 is 1.37 bits per heavy atom. The number of aryl methyl sites for hydroxylation is 1. The van der Waals surface area contributed by atoms with Crippen LogP contribution in [-0.2, 0) is 11.2 Å². The molecule has 0 aromatic heterocycles. The highest BCUT2D eigenvalue weighted by atomic mass is 16.3. The number of nitrogen functional groups attached to an aromatic ring is 1. The molecular weight excluding hydrogens is 242 g/mol. The Kier molecular flexibility index (Phi) is 2.86. The molecule has 0 unspecified atom stereocenters. The van der Waals surface area contributed by atoms with Crippen molar-refractivity contribution in [2.24, 2.45) is 0 Å². The highest BCUT2D eigenvalue weighted by molar-refractivity contribution is 5.95. The first-order chi connectivity index (χ1) is 9.12. The van der Waals surface area contributed by atoms with Crippen molar-refractivity contribution in [3.05, 3.63) is 17.7 Å². The zero-order chi connectivity index (χ0) is 13.5. The van der Waals surface area contributed by atoms with Gasteiger partial charge in [-0.1, -0.05) is 0 Å². The van der Waals surface area contributed by atoms with Crippen molar-refractivity contribution in [2.75, 3.05) is 23.0 Å². The number of amides is 1. The SMILES string of the molecule is Nc1cc2c(cc1NC1(CO)CCC1)CCC(=O)N2. The van der Waals surface area contributed by atoms with Crippen LogP contribution in [0.15, 0.2) is 12.1 Å². The van der Waals surface area contributed by atoms with E-state index in [0.717, 1.165) is 42.6 Å². The summed E-state index contributed by atoms with van der Waals surface area (Å²) < 4.78 is 0. The third kappa shape index (κ3) is 2.14. The van der Waals surface area contributed by atoms with Crippen LogP contribution in [0.25, 0.3) is 0 Å². The first-order valence-corrected chi connectivity index (χ1v) is 6.73. The molecule has 0 bridgehead atoms. The zero-order valence-electron chi connectivity index (χ0n) is 10.8. The van der Waals surface area contributed by atoms with E-state index in [1.54, 1.807) is 6.07 Å². The third-order valence-electron chi connectivity index (χ3n) is 4.18. The van der Waals surface area contributed by atoms with E-state index in [2.05, 4.69) is 10.6 Å². The van der Waals surface area contributed by atoms with Crippen molar-refractivity contribution in [1.82, 2.24) is 0 Å². The lowest BCUT2D eigenvalue weighted by molar-refractivity contribution is -0.116. The van der Waals surface area contributed by atoms with E-state index in [9.17, 15) is 9.90 Å². The number of rotatable bonds is 3. The molecule has 3 rings (SSSR count). The number of hydrogen-bond donors (Lipinski definition) is 4. The molecule has 1 aromatic carbocycles.